The summed E-state index contributed by atoms with van der Waals surface area (Å²) < 4.78 is 4.86. The van der Waals surface area contributed by atoms with E-state index in [4.69, 9.17) is 4.74 Å². The second kappa shape index (κ2) is 8.38. The Morgan fingerprint density at radius 3 is 2.72 bits per heavy atom. The van der Waals surface area contributed by atoms with E-state index < -0.39 is 0 Å². The molecule has 1 aliphatic carbocycles. The Labute approximate surface area is 169 Å². The lowest BCUT2D eigenvalue weighted by molar-refractivity contribution is -0.146. The van der Waals surface area contributed by atoms with Crippen LogP contribution in [0.1, 0.15) is 31.2 Å². The van der Waals surface area contributed by atoms with Crippen LogP contribution in [0.4, 0.5) is 17.5 Å². The summed E-state index contributed by atoms with van der Waals surface area (Å²) in [4.78, 5) is 29.4. The number of hydrogen-bond donors (Lipinski definition) is 2. The summed E-state index contributed by atoms with van der Waals surface area (Å²) >= 11 is 0. The zero-order valence-corrected chi connectivity index (χ0v) is 16.6. The Bertz CT molecular complexity index is 1020. The second-order valence-corrected chi connectivity index (χ2v) is 7.36. The first-order chi connectivity index (χ1) is 14.1. The molecule has 2 heterocycles. The van der Waals surface area contributed by atoms with Crippen LogP contribution < -0.4 is 10.6 Å². The van der Waals surface area contributed by atoms with E-state index in [1.807, 2.05) is 31.2 Å². The summed E-state index contributed by atoms with van der Waals surface area (Å²) in [6.45, 7) is 2.04. The fourth-order valence-corrected chi connectivity index (χ4v) is 3.70. The lowest BCUT2D eigenvalue weighted by atomic mass is 9.86. The number of fused-ring (bicyclic) bond motifs is 1. The number of aromatic nitrogens is 4. The number of hydrogen-bond acceptors (Lipinski definition) is 8. The van der Waals surface area contributed by atoms with E-state index in [2.05, 4.69) is 30.6 Å². The van der Waals surface area contributed by atoms with Crippen molar-refractivity contribution in [2.24, 2.45) is 5.92 Å². The number of anilines is 3. The first kappa shape index (κ1) is 19.0. The molecule has 2 N–H and O–H groups in total. The van der Waals surface area contributed by atoms with E-state index in [1.165, 1.54) is 13.4 Å². The lowest BCUT2D eigenvalue weighted by Gasteiger charge is -2.27. The third-order valence-corrected chi connectivity index (χ3v) is 5.25. The summed E-state index contributed by atoms with van der Waals surface area (Å²) in [5.41, 5.74) is 3.44. The number of carbonyl (C=O) groups excluding carboxylic acids is 1. The molecule has 0 radical (unpaired) electrons. The number of nitrogens with zero attached hydrogens (tertiary/aromatic N) is 4. The van der Waals surface area contributed by atoms with Gasteiger partial charge in [0.2, 0.25) is 5.95 Å². The van der Waals surface area contributed by atoms with Crippen LogP contribution in [0.5, 0.6) is 0 Å². The molecule has 4 rings (SSSR count). The zero-order valence-electron chi connectivity index (χ0n) is 16.6. The maximum Gasteiger partial charge on any atom is 0.308 e. The molecular formula is C21H24N6O2. The Hall–Kier alpha value is -3.29. The van der Waals surface area contributed by atoms with Crippen molar-refractivity contribution >= 4 is 34.5 Å². The molecule has 1 aliphatic rings. The van der Waals surface area contributed by atoms with E-state index in [-0.39, 0.29) is 17.9 Å². The first-order valence-electron chi connectivity index (χ1n) is 9.78. The summed E-state index contributed by atoms with van der Waals surface area (Å²) in [5.74, 6) is 1.06. The predicted molar refractivity (Wildman–Crippen MR) is 111 cm³/mol. The van der Waals surface area contributed by atoms with Gasteiger partial charge in [0.15, 0.2) is 5.82 Å². The highest BCUT2D eigenvalue weighted by atomic mass is 16.5. The molecule has 0 atom stereocenters. The van der Waals surface area contributed by atoms with Crippen LogP contribution in [-0.2, 0) is 9.53 Å². The van der Waals surface area contributed by atoms with Gasteiger partial charge in [-0.2, -0.15) is 0 Å². The van der Waals surface area contributed by atoms with Crippen molar-refractivity contribution in [1.82, 2.24) is 19.9 Å². The summed E-state index contributed by atoms with van der Waals surface area (Å²) in [7, 11) is 1.44. The lowest BCUT2D eigenvalue weighted by Crippen LogP contribution is -2.30. The standard InChI is InChI=1S/C21H24N6O2/c1-13-4-3-5-16(10-13)25-19-18-17(23-12-24-19)11-22-21(27-18)26-15-8-6-14(7-9-15)20(28)29-2/h3-5,10-12,14-15H,6-9H2,1-2H3,(H,22,26,27)(H,23,24,25). The third kappa shape index (κ3) is 4.42. The van der Waals surface area contributed by atoms with Crippen molar-refractivity contribution in [3.63, 3.8) is 0 Å². The Kier molecular flexibility index (Phi) is 5.50. The third-order valence-electron chi connectivity index (χ3n) is 5.25. The van der Waals surface area contributed by atoms with Crippen molar-refractivity contribution < 1.29 is 9.53 Å². The average Bonchev–Trinajstić information content (AvgIpc) is 2.74. The van der Waals surface area contributed by atoms with Gasteiger partial charge in [-0.25, -0.2) is 19.9 Å². The van der Waals surface area contributed by atoms with E-state index in [0.29, 0.717) is 22.8 Å². The summed E-state index contributed by atoms with van der Waals surface area (Å²) in [5, 5.41) is 6.72. The van der Waals surface area contributed by atoms with Crippen LogP contribution in [0, 0.1) is 12.8 Å². The van der Waals surface area contributed by atoms with Gasteiger partial charge >= 0.3 is 5.97 Å². The minimum absolute atomic E-state index is 0.00546. The molecule has 1 aromatic carbocycles. The van der Waals surface area contributed by atoms with E-state index in [0.717, 1.165) is 36.9 Å². The van der Waals surface area contributed by atoms with E-state index in [9.17, 15) is 4.79 Å². The molecule has 8 heteroatoms. The smallest absolute Gasteiger partial charge is 0.308 e. The minimum Gasteiger partial charge on any atom is -0.469 e. The quantitative estimate of drug-likeness (QED) is 0.635. The van der Waals surface area contributed by atoms with Gasteiger partial charge in [-0.05, 0) is 50.3 Å². The second-order valence-electron chi connectivity index (χ2n) is 7.36. The van der Waals surface area contributed by atoms with Crippen molar-refractivity contribution in [2.75, 3.05) is 17.7 Å². The monoisotopic (exact) mass is 392 g/mol. The topological polar surface area (TPSA) is 102 Å². The molecule has 150 valence electrons. The number of nitrogens with one attached hydrogen (secondary N) is 2. The van der Waals surface area contributed by atoms with Crippen LogP contribution in [0.2, 0.25) is 0 Å². The van der Waals surface area contributed by atoms with Gasteiger partial charge in [0.25, 0.3) is 0 Å². The van der Waals surface area contributed by atoms with Gasteiger partial charge in [0.05, 0.1) is 19.2 Å². The highest BCUT2D eigenvalue weighted by molar-refractivity contribution is 5.87. The maximum atomic E-state index is 11.7. The molecular weight excluding hydrogens is 368 g/mol. The van der Waals surface area contributed by atoms with E-state index >= 15 is 0 Å². The molecule has 0 aliphatic heterocycles. The van der Waals surface area contributed by atoms with Crippen molar-refractivity contribution in [3.8, 4) is 0 Å². The molecule has 29 heavy (non-hydrogen) atoms. The largest absolute Gasteiger partial charge is 0.469 e. The molecule has 0 amide bonds. The number of benzene rings is 1. The number of rotatable bonds is 5. The van der Waals surface area contributed by atoms with Crippen LogP contribution in [0.25, 0.3) is 11.0 Å². The molecule has 0 bridgehead atoms. The van der Waals surface area contributed by atoms with Crippen LogP contribution in [-0.4, -0.2) is 39.1 Å². The fraction of sp³-hybridized carbons (Fsp3) is 0.381. The van der Waals surface area contributed by atoms with Crippen molar-refractivity contribution in [1.29, 1.82) is 0 Å². The maximum absolute atomic E-state index is 11.7. The highest BCUT2D eigenvalue weighted by Gasteiger charge is 2.27. The predicted octanol–water partition coefficient (Wildman–Crippen LogP) is 3.62. The number of aryl methyl sites for hydroxylation is 1. The molecule has 0 saturated heterocycles. The van der Waals surface area contributed by atoms with Gasteiger partial charge in [0.1, 0.15) is 17.4 Å². The molecule has 0 unspecified atom stereocenters. The van der Waals surface area contributed by atoms with E-state index in [1.54, 1.807) is 6.20 Å². The molecule has 8 nitrogen and oxygen atoms in total. The molecule has 2 aromatic heterocycles. The van der Waals surface area contributed by atoms with Crippen molar-refractivity contribution in [3.05, 3.63) is 42.4 Å². The fourth-order valence-electron chi connectivity index (χ4n) is 3.70. The number of ether oxygens (including phenoxy) is 1. The summed E-state index contributed by atoms with van der Waals surface area (Å²) in [6, 6.07) is 8.30. The molecule has 0 spiro atoms. The number of methoxy groups -OCH3 is 1. The van der Waals surface area contributed by atoms with Crippen LogP contribution in [0.3, 0.4) is 0 Å². The van der Waals surface area contributed by atoms with Gasteiger partial charge in [-0.3, -0.25) is 4.79 Å². The van der Waals surface area contributed by atoms with Gasteiger partial charge < -0.3 is 15.4 Å². The average molecular weight is 392 g/mol. The minimum atomic E-state index is -0.116. The Morgan fingerprint density at radius 2 is 1.97 bits per heavy atom. The zero-order chi connectivity index (χ0) is 20.2. The summed E-state index contributed by atoms with van der Waals surface area (Å²) in [6.07, 6.45) is 6.57. The first-order valence-corrected chi connectivity index (χ1v) is 9.78. The SMILES string of the molecule is COC(=O)C1CCC(Nc2ncc3ncnc(Nc4cccc(C)c4)c3n2)CC1. The Balaban J connectivity index is 1.51. The van der Waals surface area contributed by atoms with Gasteiger partial charge in [-0.15, -0.1) is 0 Å². The van der Waals surface area contributed by atoms with Crippen LogP contribution in [0.15, 0.2) is 36.8 Å². The molecule has 3 aromatic rings. The Morgan fingerprint density at radius 1 is 1.14 bits per heavy atom. The normalized spacial score (nSPS) is 19.0. The highest BCUT2D eigenvalue weighted by Crippen LogP contribution is 2.28. The number of carbonyl (C=O) groups is 1. The molecule has 1 saturated carbocycles. The number of esters is 1. The van der Waals surface area contributed by atoms with Gasteiger partial charge in [-0.1, -0.05) is 12.1 Å². The van der Waals surface area contributed by atoms with Crippen LogP contribution >= 0.6 is 0 Å². The molecule has 1 fully saturated rings. The van der Waals surface area contributed by atoms with Crippen molar-refractivity contribution in [2.45, 2.75) is 38.6 Å². The van der Waals surface area contributed by atoms with Gasteiger partial charge in [0, 0.05) is 11.7 Å².